The van der Waals surface area contributed by atoms with Crippen LogP contribution >= 0.6 is 0 Å². The molecule has 0 aliphatic carbocycles. The van der Waals surface area contributed by atoms with Gasteiger partial charge < -0.3 is 14.6 Å². The van der Waals surface area contributed by atoms with Crippen LogP contribution in [0.25, 0.3) is 0 Å². The molecule has 0 amide bonds. The number of hydrogen-bond acceptors (Lipinski definition) is 6. The number of ether oxygens (including phenoxy) is 2. The standard InChI is InChI=1S/C14H19NO7S/c1-8(2)12(13(16)17)15-23(19,20)11-6-5-9(14(18)22-4)7-10(11)21-3/h5-8,12,15H,1-4H3,(H,16,17)/t12-/m1/s1. The summed E-state index contributed by atoms with van der Waals surface area (Å²) in [5.74, 6) is -2.48. The summed E-state index contributed by atoms with van der Waals surface area (Å²) in [4.78, 5) is 22.4. The molecule has 0 aliphatic rings. The minimum atomic E-state index is -4.15. The summed E-state index contributed by atoms with van der Waals surface area (Å²) in [7, 11) is -1.71. The Balaban J connectivity index is 3.27. The van der Waals surface area contributed by atoms with Crippen LogP contribution in [0.4, 0.5) is 0 Å². The highest BCUT2D eigenvalue weighted by Crippen LogP contribution is 2.26. The van der Waals surface area contributed by atoms with Gasteiger partial charge in [0, 0.05) is 0 Å². The maximum Gasteiger partial charge on any atom is 0.337 e. The fourth-order valence-electron chi connectivity index (χ4n) is 1.84. The number of carbonyl (C=O) groups is 2. The van der Waals surface area contributed by atoms with Crippen molar-refractivity contribution in [2.24, 2.45) is 5.92 Å². The number of rotatable bonds is 7. The Morgan fingerprint density at radius 3 is 2.26 bits per heavy atom. The Morgan fingerprint density at radius 1 is 1.22 bits per heavy atom. The minimum Gasteiger partial charge on any atom is -0.495 e. The summed E-state index contributed by atoms with van der Waals surface area (Å²) in [5, 5.41) is 9.11. The van der Waals surface area contributed by atoms with Crippen molar-refractivity contribution >= 4 is 22.0 Å². The van der Waals surface area contributed by atoms with Gasteiger partial charge in [-0.25, -0.2) is 13.2 Å². The van der Waals surface area contributed by atoms with Crippen molar-refractivity contribution in [1.82, 2.24) is 4.72 Å². The van der Waals surface area contributed by atoms with E-state index in [1.807, 2.05) is 0 Å². The molecule has 128 valence electrons. The zero-order chi connectivity index (χ0) is 17.8. The predicted octanol–water partition coefficient (Wildman–Crippen LogP) is 0.869. The van der Waals surface area contributed by atoms with E-state index >= 15 is 0 Å². The number of carboxylic acids is 1. The number of nitrogens with one attached hydrogen (secondary N) is 1. The van der Waals surface area contributed by atoms with Crippen LogP contribution in [0, 0.1) is 5.92 Å². The monoisotopic (exact) mass is 345 g/mol. The maximum atomic E-state index is 12.4. The Hall–Kier alpha value is -2.13. The van der Waals surface area contributed by atoms with E-state index in [0.717, 1.165) is 6.07 Å². The van der Waals surface area contributed by atoms with Gasteiger partial charge in [-0.15, -0.1) is 0 Å². The molecule has 8 nitrogen and oxygen atoms in total. The van der Waals surface area contributed by atoms with Gasteiger partial charge in [-0.05, 0) is 24.1 Å². The summed E-state index contributed by atoms with van der Waals surface area (Å²) in [6.07, 6.45) is 0. The van der Waals surface area contributed by atoms with E-state index in [-0.39, 0.29) is 16.2 Å². The van der Waals surface area contributed by atoms with Gasteiger partial charge in [-0.1, -0.05) is 13.8 Å². The number of sulfonamides is 1. The smallest absolute Gasteiger partial charge is 0.337 e. The highest BCUT2D eigenvalue weighted by Gasteiger charge is 2.30. The molecule has 0 bridgehead atoms. The van der Waals surface area contributed by atoms with Crippen molar-refractivity contribution < 1.29 is 32.6 Å². The van der Waals surface area contributed by atoms with E-state index < -0.39 is 33.9 Å². The Labute approximate surface area is 134 Å². The first-order chi connectivity index (χ1) is 10.6. The third kappa shape index (κ3) is 4.42. The number of methoxy groups -OCH3 is 2. The average Bonchev–Trinajstić information content (AvgIpc) is 2.50. The van der Waals surface area contributed by atoms with Crippen LogP contribution < -0.4 is 9.46 Å². The number of carbonyl (C=O) groups excluding carboxylic acids is 1. The molecule has 0 radical (unpaired) electrons. The molecule has 1 rings (SSSR count). The van der Waals surface area contributed by atoms with Crippen LogP contribution in [0.1, 0.15) is 24.2 Å². The van der Waals surface area contributed by atoms with E-state index in [1.54, 1.807) is 13.8 Å². The Bertz CT molecular complexity index is 697. The molecular formula is C14H19NO7S. The highest BCUT2D eigenvalue weighted by atomic mass is 32.2. The first-order valence-electron chi connectivity index (χ1n) is 6.65. The van der Waals surface area contributed by atoms with Crippen LogP contribution in [0.5, 0.6) is 5.75 Å². The van der Waals surface area contributed by atoms with Crippen molar-refractivity contribution in [3.05, 3.63) is 23.8 Å². The topological polar surface area (TPSA) is 119 Å². The molecule has 9 heteroatoms. The molecule has 0 saturated carbocycles. The minimum absolute atomic E-state index is 0.0895. The fraction of sp³-hybridized carbons (Fsp3) is 0.429. The molecule has 0 unspecified atom stereocenters. The lowest BCUT2D eigenvalue weighted by molar-refractivity contribution is -0.140. The Morgan fingerprint density at radius 2 is 1.83 bits per heavy atom. The van der Waals surface area contributed by atoms with Gasteiger partial charge >= 0.3 is 11.9 Å². The Kier molecular flexibility index (Phi) is 6.11. The molecule has 23 heavy (non-hydrogen) atoms. The van der Waals surface area contributed by atoms with Crippen LogP contribution in [0.15, 0.2) is 23.1 Å². The molecule has 0 heterocycles. The van der Waals surface area contributed by atoms with Gasteiger partial charge in [0.2, 0.25) is 10.0 Å². The second-order valence-corrected chi connectivity index (χ2v) is 6.72. The normalized spacial score (nSPS) is 12.7. The van der Waals surface area contributed by atoms with E-state index in [9.17, 15) is 18.0 Å². The summed E-state index contributed by atoms with van der Waals surface area (Å²) in [6, 6.07) is 2.34. The van der Waals surface area contributed by atoms with Gasteiger partial charge in [0.15, 0.2) is 0 Å². The molecule has 1 atom stereocenters. The largest absolute Gasteiger partial charge is 0.495 e. The van der Waals surface area contributed by atoms with Crippen molar-refractivity contribution in [3.8, 4) is 5.75 Å². The first-order valence-corrected chi connectivity index (χ1v) is 8.13. The molecular weight excluding hydrogens is 326 g/mol. The van der Waals surface area contributed by atoms with Crippen LogP contribution in [-0.4, -0.2) is 45.7 Å². The number of hydrogen-bond donors (Lipinski definition) is 2. The lowest BCUT2D eigenvalue weighted by Gasteiger charge is -2.19. The molecule has 0 aromatic heterocycles. The van der Waals surface area contributed by atoms with Crippen LogP contribution in [0.2, 0.25) is 0 Å². The summed E-state index contributed by atoms with van der Waals surface area (Å²) >= 11 is 0. The van der Waals surface area contributed by atoms with Crippen molar-refractivity contribution in [1.29, 1.82) is 0 Å². The van der Waals surface area contributed by atoms with Gasteiger partial charge in [0.05, 0.1) is 19.8 Å². The molecule has 1 aromatic carbocycles. The van der Waals surface area contributed by atoms with Gasteiger partial charge in [-0.2, -0.15) is 4.72 Å². The predicted molar refractivity (Wildman–Crippen MR) is 80.9 cm³/mol. The summed E-state index contributed by atoms with van der Waals surface area (Å²) < 4.78 is 36.5. The third-order valence-corrected chi connectivity index (χ3v) is 4.57. The molecule has 2 N–H and O–H groups in total. The van der Waals surface area contributed by atoms with Crippen LogP contribution in [0.3, 0.4) is 0 Å². The quantitative estimate of drug-likeness (QED) is 0.704. The van der Waals surface area contributed by atoms with E-state index in [2.05, 4.69) is 9.46 Å². The van der Waals surface area contributed by atoms with E-state index in [1.165, 1.54) is 26.4 Å². The number of esters is 1. The van der Waals surface area contributed by atoms with Crippen molar-refractivity contribution in [2.45, 2.75) is 24.8 Å². The zero-order valence-electron chi connectivity index (χ0n) is 13.2. The zero-order valence-corrected chi connectivity index (χ0v) is 14.0. The van der Waals surface area contributed by atoms with Gasteiger partial charge in [0.1, 0.15) is 16.7 Å². The fourth-order valence-corrected chi connectivity index (χ4v) is 3.33. The maximum absolute atomic E-state index is 12.4. The molecule has 0 aliphatic heterocycles. The molecule has 0 saturated heterocycles. The molecule has 0 spiro atoms. The third-order valence-electron chi connectivity index (χ3n) is 3.09. The van der Waals surface area contributed by atoms with E-state index in [4.69, 9.17) is 9.84 Å². The second kappa shape index (κ2) is 7.42. The highest BCUT2D eigenvalue weighted by molar-refractivity contribution is 7.89. The van der Waals surface area contributed by atoms with Gasteiger partial charge in [-0.3, -0.25) is 4.79 Å². The molecule has 0 fully saturated rings. The van der Waals surface area contributed by atoms with Gasteiger partial charge in [0.25, 0.3) is 0 Å². The van der Waals surface area contributed by atoms with Crippen LogP contribution in [-0.2, 0) is 19.6 Å². The van der Waals surface area contributed by atoms with Crippen molar-refractivity contribution in [3.63, 3.8) is 0 Å². The second-order valence-electron chi connectivity index (χ2n) is 5.04. The average molecular weight is 345 g/mol. The number of carboxylic acid groups (broad SMARTS) is 1. The number of aliphatic carboxylic acids is 1. The van der Waals surface area contributed by atoms with Crippen molar-refractivity contribution in [2.75, 3.05) is 14.2 Å². The first kappa shape index (κ1) is 18.9. The lowest BCUT2D eigenvalue weighted by atomic mass is 10.1. The lowest BCUT2D eigenvalue weighted by Crippen LogP contribution is -2.44. The summed E-state index contributed by atoms with van der Waals surface area (Å²) in [6.45, 7) is 3.16. The summed E-state index contributed by atoms with van der Waals surface area (Å²) in [5.41, 5.74) is 0.113. The number of benzene rings is 1. The van der Waals surface area contributed by atoms with E-state index in [0.29, 0.717) is 0 Å². The molecule has 1 aromatic rings. The SMILES string of the molecule is COC(=O)c1ccc(S(=O)(=O)N[C@@H](C(=O)O)C(C)C)c(OC)c1.